The number of urea groups is 1. The first kappa shape index (κ1) is 16.4. The number of hydrogen-bond donors (Lipinski definition) is 1. The van der Waals surface area contributed by atoms with Gasteiger partial charge in [-0.3, -0.25) is 9.69 Å². The highest BCUT2D eigenvalue weighted by atomic mass is 35.5. The lowest BCUT2D eigenvalue weighted by Gasteiger charge is -2.22. The maximum Gasteiger partial charge on any atom is 0.325 e. The zero-order chi connectivity index (χ0) is 17.5. The van der Waals surface area contributed by atoms with E-state index in [1.807, 2.05) is 13.8 Å². The highest BCUT2D eigenvalue weighted by molar-refractivity contribution is 6.30. The van der Waals surface area contributed by atoms with Crippen LogP contribution in [-0.2, 0) is 16.9 Å². The minimum absolute atomic E-state index is 0.0685. The monoisotopic (exact) mass is 347 g/mol. The Morgan fingerprint density at radius 1 is 1.33 bits per heavy atom. The van der Waals surface area contributed by atoms with Crippen LogP contribution < -0.4 is 5.32 Å². The molecule has 24 heavy (non-hydrogen) atoms. The average Bonchev–Trinajstić information content (AvgIpc) is 3.07. The van der Waals surface area contributed by atoms with Gasteiger partial charge >= 0.3 is 6.03 Å². The molecule has 1 aliphatic rings. The van der Waals surface area contributed by atoms with Gasteiger partial charge in [0.2, 0.25) is 0 Å². The molecule has 3 amide bonds. The smallest absolute Gasteiger partial charge is 0.319 e. The van der Waals surface area contributed by atoms with Crippen LogP contribution in [0, 0.1) is 0 Å². The summed E-state index contributed by atoms with van der Waals surface area (Å²) in [5.74, 6) is 0.219. The molecule has 8 heteroatoms. The lowest BCUT2D eigenvalue weighted by Crippen LogP contribution is -2.40. The van der Waals surface area contributed by atoms with E-state index in [2.05, 4.69) is 15.4 Å². The van der Waals surface area contributed by atoms with Crippen LogP contribution in [0.1, 0.15) is 38.2 Å². The summed E-state index contributed by atoms with van der Waals surface area (Å²) in [7, 11) is 0. The summed E-state index contributed by atoms with van der Waals surface area (Å²) in [6, 6.07) is 6.55. The van der Waals surface area contributed by atoms with Gasteiger partial charge in [0.05, 0.1) is 6.54 Å². The molecule has 3 rings (SSSR count). The summed E-state index contributed by atoms with van der Waals surface area (Å²) in [5.41, 5.74) is -0.508. The van der Waals surface area contributed by atoms with E-state index >= 15 is 0 Å². The van der Waals surface area contributed by atoms with E-state index in [0.29, 0.717) is 16.4 Å². The molecule has 0 unspecified atom stereocenters. The molecule has 1 aliphatic heterocycles. The molecular formula is C16H18ClN5O2. The maximum atomic E-state index is 12.9. The standard InChI is InChI=1S/C16H18ClN5O2/c1-10(2)22-13(18-9-19-22)8-21-14(23)16(3,20-15(21)24)11-5-4-6-12(17)7-11/h4-7,9-10H,8H2,1-3H3,(H,20,24)/t16-/m0/s1. The van der Waals surface area contributed by atoms with Gasteiger partial charge in [-0.25, -0.2) is 14.5 Å². The number of benzene rings is 1. The Bertz CT molecular complexity index is 803. The Morgan fingerprint density at radius 3 is 2.75 bits per heavy atom. The van der Waals surface area contributed by atoms with Crippen molar-refractivity contribution in [2.75, 3.05) is 0 Å². The second kappa shape index (κ2) is 5.90. The molecule has 0 spiro atoms. The number of carbonyl (C=O) groups excluding carboxylic acids is 2. The molecule has 7 nitrogen and oxygen atoms in total. The topological polar surface area (TPSA) is 80.1 Å². The molecule has 0 aliphatic carbocycles. The first-order valence-electron chi connectivity index (χ1n) is 7.61. The molecule has 0 bridgehead atoms. The van der Waals surface area contributed by atoms with Gasteiger partial charge in [0.1, 0.15) is 17.7 Å². The molecule has 1 aromatic heterocycles. The van der Waals surface area contributed by atoms with Crippen molar-refractivity contribution in [1.29, 1.82) is 0 Å². The zero-order valence-electron chi connectivity index (χ0n) is 13.7. The zero-order valence-corrected chi connectivity index (χ0v) is 14.4. The van der Waals surface area contributed by atoms with E-state index in [-0.39, 0.29) is 18.5 Å². The third kappa shape index (κ3) is 2.65. The Balaban J connectivity index is 1.90. The summed E-state index contributed by atoms with van der Waals surface area (Å²) < 4.78 is 1.69. The molecule has 1 aromatic carbocycles. The summed E-state index contributed by atoms with van der Waals surface area (Å²) >= 11 is 6.02. The summed E-state index contributed by atoms with van der Waals surface area (Å²) in [5, 5.41) is 7.40. The Kier molecular flexibility index (Phi) is 4.04. The number of nitrogens with zero attached hydrogens (tertiary/aromatic N) is 4. The van der Waals surface area contributed by atoms with E-state index in [1.54, 1.807) is 35.9 Å². The van der Waals surface area contributed by atoms with E-state index in [0.717, 1.165) is 4.90 Å². The van der Waals surface area contributed by atoms with Crippen LogP contribution in [0.15, 0.2) is 30.6 Å². The number of nitrogens with one attached hydrogen (secondary N) is 1. The van der Waals surface area contributed by atoms with Crippen molar-refractivity contribution in [3.05, 3.63) is 47.0 Å². The number of aromatic nitrogens is 3. The number of imide groups is 1. The highest BCUT2D eigenvalue weighted by Gasteiger charge is 2.49. The molecule has 1 saturated heterocycles. The van der Waals surface area contributed by atoms with Crippen LogP contribution in [0.4, 0.5) is 4.79 Å². The van der Waals surface area contributed by atoms with Gasteiger partial charge < -0.3 is 5.32 Å². The lowest BCUT2D eigenvalue weighted by molar-refractivity contribution is -0.131. The fourth-order valence-corrected chi connectivity index (χ4v) is 2.99. The van der Waals surface area contributed by atoms with Crippen molar-refractivity contribution in [3.63, 3.8) is 0 Å². The van der Waals surface area contributed by atoms with Crippen molar-refractivity contribution < 1.29 is 9.59 Å². The van der Waals surface area contributed by atoms with Crippen molar-refractivity contribution in [1.82, 2.24) is 25.0 Å². The third-order valence-corrected chi connectivity index (χ3v) is 4.35. The molecule has 1 atom stereocenters. The fraction of sp³-hybridized carbons (Fsp3) is 0.375. The van der Waals surface area contributed by atoms with E-state index in [9.17, 15) is 9.59 Å². The molecule has 0 radical (unpaired) electrons. The molecule has 0 saturated carbocycles. The van der Waals surface area contributed by atoms with Crippen LogP contribution in [0.2, 0.25) is 5.02 Å². The maximum absolute atomic E-state index is 12.9. The van der Waals surface area contributed by atoms with E-state index in [1.165, 1.54) is 6.33 Å². The number of amides is 3. The van der Waals surface area contributed by atoms with Gasteiger partial charge in [0, 0.05) is 11.1 Å². The molecule has 126 valence electrons. The van der Waals surface area contributed by atoms with Gasteiger partial charge in [-0.05, 0) is 38.5 Å². The van der Waals surface area contributed by atoms with Crippen molar-refractivity contribution in [3.8, 4) is 0 Å². The Morgan fingerprint density at radius 2 is 2.08 bits per heavy atom. The van der Waals surface area contributed by atoms with Gasteiger partial charge in [-0.1, -0.05) is 23.7 Å². The molecule has 1 fully saturated rings. The van der Waals surface area contributed by atoms with Crippen molar-refractivity contribution in [2.45, 2.75) is 38.9 Å². The van der Waals surface area contributed by atoms with E-state index in [4.69, 9.17) is 11.6 Å². The quantitative estimate of drug-likeness (QED) is 0.862. The molecule has 2 aromatic rings. The second-order valence-electron chi connectivity index (χ2n) is 6.17. The van der Waals surface area contributed by atoms with Crippen LogP contribution in [-0.4, -0.2) is 31.6 Å². The highest BCUT2D eigenvalue weighted by Crippen LogP contribution is 2.31. The fourth-order valence-electron chi connectivity index (χ4n) is 2.80. The Labute approximate surface area is 144 Å². The van der Waals surface area contributed by atoms with Gasteiger partial charge in [-0.2, -0.15) is 5.10 Å². The number of halogens is 1. The summed E-state index contributed by atoms with van der Waals surface area (Å²) in [6.45, 7) is 5.66. The predicted molar refractivity (Wildman–Crippen MR) is 88.3 cm³/mol. The van der Waals surface area contributed by atoms with Crippen LogP contribution in [0.3, 0.4) is 0 Å². The Hall–Kier alpha value is -2.41. The van der Waals surface area contributed by atoms with Gasteiger partial charge in [0.15, 0.2) is 0 Å². The predicted octanol–water partition coefficient (Wildman–Crippen LogP) is 2.48. The van der Waals surface area contributed by atoms with Gasteiger partial charge in [0.25, 0.3) is 5.91 Å². The minimum atomic E-state index is -1.15. The third-order valence-electron chi connectivity index (χ3n) is 4.11. The lowest BCUT2D eigenvalue weighted by atomic mass is 9.92. The number of rotatable bonds is 4. The summed E-state index contributed by atoms with van der Waals surface area (Å²) in [4.78, 5) is 30.6. The number of hydrogen-bond acceptors (Lipinski definition) is 4. The van der Waals surface area contributed by atoms with E-state index < -0.39 is 11.6 Å². The molecule has 1 N–H and O–H groups in total. The number of carbonyl (C=O) groups is 2. The van der Waals surface area contributed by atoms with Crippen LogP contribution in [0.25, 0.3) is 0 Å². The van der Waals surface area contributed by atoms with Gasteiger partial charge in [-0.15, -0.1) is 0 Å². The molecule has 2 heterocycles. The first-order valence-corrected chi connectivity index (χ1v) is 7.99. The first-order chi connectivity index (χ1) is 11.3. The summed E-state index contributed by atoms with van der Waals surface area (Å²) in [6.07, 6.45) is 1.42. The van der Waals surface area contributed by atoms with Crippen molar-refractivity contribution in [2.24, 2.45) is 0 Å². The second-order valence-corrected chi connectivity index (χ2v) is 6.61. The molecular weight excluding hydrogens is 330 g/mol. The largest absolute Gasteiger partial charge is 0.325 e. The average molecular weight is 348 g/mol. The van der Waals surface area contributed by atoms with Crippen molar-refractivity contribution >= 4 is 23.5 Å². The van der Waals surface area contributed by atoms with Crippen LogP contribution in [0.5, 0.6) is 0 Å². The normalized spacial score (nSPS) is 20.8. The minimum Gasteiger partial charge on any atom is -0.319 e. The van der Waals surface area contributed by atoms with Crippen LogP contribution >= 0.6 is 11.6 Å². The SMILES string of the molecule is CC(C)n1ncnc1CN1C(=O)N[C@@](C)(c2cccc(Cl)c2)C1=O.